The molecule has 0 fully saturated rings. The maximum Gasteiger partial charge on any atom is 0.255 e. The van der Waals surface area contributed by atoms with Gasteiger partial charge in [0, 0.05) is 17.7 Å². The highest BCUT2D eigenvalue weighted by molar-refractivity contribution is 6.17. The molecule has 2 rings (SSSR count). The first-order valence-corrected chi connectivity index (χ1v) is 7.17. The average molecular weight is 292 g/mol. The molecule has 0 unspecified atom stereocenters. The summed E-state index contributed by atoms with van der Waals surface area (Å²) in [7, 11) is 1.63. The van der Waals surface area contributed by atoms with E-state index in [-0.39, 0.29) is 11.4 Å². The van der Waals surface area contributed by atoms with E-state index in [1.807, 2.05) is 30.3 Å². The number of ether oxygens (including phenoxy) is 1. The molecule has 0 saturated carbocycles. The van der Waals surface area contributed by atoms with Crippen LogP contribution in [0.25, 0.3) is 11.3 Å². The van der Waals surface area contributed by atoms with Crippen LogP contribution >= 0.6 is 11.6 Å². The first kappa shape index (κ1) is 14.7. The molecule has 3 nitrogen and oxygen atoms in total. The minimum Gasteiger partial charge on any atom is -0.497 e. The zero-order valence-corrected chi connectivity index (χ0v) is 12.5. The third-order valence-electron chi connectivity index (χ3n) is 3.21. The van der Waals surface area contributed by atoms with Gasteiger partial charge in [0.25, 0.3) is 5.56 Å². The molecule has 0 amide bonds. The highest BCUT2D eigenvalue weighted by atomic mass is 35.5. The predicted molar refractivity (Wildman–Crippen MR) is 82.5 cm³/mol. The molecule has 0 saturated heterocycles. The number of nitrogens with zero attached hydrogens (tertiary/aromatic N) is 1. The van der Waals surface area contributed by atoms with Gasteiger partial charge in [-0.15, -0.1) is 11.6 Å². The molecule has 1 aromatic carbocycles. The highest BCUT2D eigenvalue weighted by Gasteiger charge is 2.10. The normalized spacial score (nSPS) is 10.6. The predicted octanol–water partition coefficient (Wildman–Crippen LogP) is 3.67. The van der Waals surface area contributed by atoms with E-state index < -0.39 is 0 Å². The van der Waals surface area contributed by atoms with Gasteiger partial charge >= 0.3 is 0 Å². The molecular formula is C16H18ClNO2. The van der Waals surface area contributed by atoms with Crippen molar-refractivity contribution in [3.63, 3.8) is 0 Å². The molecule has 0 radical (unpaired) electrons. The van der Waals surface area contributed by atoms with E-state index in [1.54, 1.807) is 17.7 Å². The van der Waals surface area contributed by atoms with E-state index in [0.717, 1.165) is 23.4 Å². The molecule has 0 atom stereocenters. The summed E-state index contributed by atoms with van der Waals surface area (Å²) in [6.45, 7) is 2.73. The third-order valence-corrected chi connectivity index (χ3v) is 3.50. The zero-order chi connectivity index (χ0) is 14.5. The summed E-state index contributed by atoms with van der Waals surface area (Å²) in [5.74, 6) is 1.01. The van der Waals surface area contributed by atoms with E-state index in [1.165, 1.54) is 0 Å². The van der Waals surface area contributed by atoms with Crippen LogP contribution in [0.4, 0.5) is 0 Å². The summed E-state index contributed by atoms with van der Waals surface area (Å²) < 4.78 is 7.03. The maximum atomic E-state index is 12.4. The van der Waals surface area contributed by atoms with Gasteiger partial charge in [-0.3, -0.25) is 4.79 Å². The number of alkyl halides is 1. The Morgan fingerprint density at radius 3 is 2.70 bits per heavy atom. The van der Waals surface area contributed by atoms with Crippen LogP contribution in [0.2, 0.25) is 0 Å². The largest absolute Gasteiger partial charge is 0.497 e. The molecule has 0 aliphatic carbocycles. The van der Waals surface area contributed by atoms with Gasteiger partial charge < -0.3 is 9.30 Å². The lowest BCUT2D eigenvalue weighted by molar-refractivity contribution is 0.415. The first-order chi connectivity index (χ1) is 9.71. The molecule has 0 bridgehead atoms. The second kappa shape index (κ2) is 6.62. The van der Waals surface area contributed by atoms with Crippen LogP contribution in [0.5, 0.6) is 5.75 Å². The van der Waals surface area contributed by atoms with Crippen LogP contribution in [0.15, 0.2) is 41.2 Å². The summed E-state index contributed by atoms with van der Waals surface area (Å²) in [4.78, 5) is 12.4. The highest BCUT2D eigenvalue weighted by Crippen LogP contribution is 2.23. The Balaban J connectivity index is 2.60. The second-order valence-corrected chi connectivity index (χ2v) is 4.83. The van der Waals surface area contributed by atoms with E-state index >= 15 is 0 Å². The summed E-state index contributed by atoms with van der Waals surface area (Å²) in [5.41, 5.74) is 2.48. The molecule has 1 aromatic heterocycles. The maximum absolute atomic E-state index is 12.4. The topological polar surface area (TPSA) is 31.2 Å². The fraction of sp³-hybridized carbons (Fsp3) is 0.312. The van der Waals surface area contributed by atoms with Gasteiger partial charge in [0.05, 0.1) is 18.7 Å². The minimum absolute atomic E-state index is 0.0119. The van der Waals surface area contributed by atoms with Crippen molar-refractivity contribution in [2.75, 3.05) is 7.11 Å². The summed E-state index contributed by atoms with van der Waals surface area (Å²) in [6, 6.07) is 11.5. The molecule has 0 aliphatic heterocycles. The standard InChI is InChI=1S/C16H18ClNO2/c1-3-9-18-15(8-7-13(11-17)16(18)19)12-5-4-6-14(10-12)20-2/h4-8,10H,3,9,11H2,1-2H3. The van der Waals surface area contributed by atoms with Crippen molar-refractivity contribution in [2.45, 2.75) is 25.8 Å². The zero-order valence-electron chi connectivity index (χ0n) is 11.7. The van der Waals surface area contributed by atoms with Crippen LogP contribution in [-0.4, -0.2) is 11.7 Å². The van der Waals surface area contributed by atoms with Crippen LogP contribution in [0.3, 0.4) is 0 Å². The fourth-order valence-electron chi connectivity index (χ4n) is 2.21. The van der Waals surface area contributed by atoms with Crippen LogP contribution < -0.4 is 10.3 Å². The molecule has 20 heavy (non-hydrogen) atoms. The van der Waals surface area contributed by atoms with Crippen LogP contribution in [-0.2, 0) is 12.4 Å². The quantitative estimate of drug-likeness (QED) is 0.787. The van der Waals surface area contributed by atoms with Crippen molar-refractivity contribution in [2.24, 2.45) is 0 Å². The van der Waals surface area contributed by atoms with Crippen molar-refractivity contribution >= 4 is 11.6 Å². The van der Waals surface area contributed by atoms with Crippen molar-refractivity contribution in [3.05, 3.63) is 52.3 Å². The van der Waals surface area contributed by atoms with Gasteiger partial charge in [0.1, 0.15) is 5.75 Å². The average Bonchev–Trinajstić information content (AvgIpc) is 2.49. The van der Waals surface area contributed by atoms with Crippen molar-refractivity contribution < 1.29 is 4.74 Å². The van der Waals surface area contributed by atoms with E-state index in [9.17, 15) is 4.79 Å². The SMILES string of the molecule is CCCn1c(-c2cccc(OC)c2)ccc(CCl)c1=O. The summed E-state index contributed by atoms with van der Waals surface area (Å²) in [6.07, 6.45) is 0.891. The van der Waals surface area contributed by atoms with E-state index in [0.29, 0.717) is 12.1 Å². The molecular weight excluding hydrogens is 274 g/mol. The first-order valence-electron chi connectivity index (χ1n) is 6.64. The summed E-state index contributed by atoms with van der Waals surface area (Å²) in [5, 5.41) is 0. The van der Waals surface area contributed by atoms with Crippen molar-refractivity contribution in [1.82, 2.24) is 4.57 Å². The molecule has 0 aliphatic rings. The number of hydrogen-bond donors (Lipinski definition) is 0. The minimum atomic E-state index is -0.0119. The molecule has 0 N–H and O–H groups in total. The number of pyridine rings is 1. The number of halogens is 1. The number of methoxy groups -OCH3 is 1. The second-order valence-electron chi connectivity index (χ2n) is 4.57. The lowest BCUT2D eigenvalue weighted by atomic mass is 10.1. The molecule has 2 aromatic rings. The van der Waals surface area contributed by atoms with Gasteiger partial charge in [-0.25, -0.2) is 0 Å². The van der Waals surface area contributed by atoms with Gasteiger partial charge in [0.2, 0.25) is 0 Å². The van der Waals surface area contributed by atoms with Gasteiger partial charge in [0.15, 0.2) is 0 Å². The van der Waals surface area contributed by atoms with Crippen molar-refractivity contribution in [1.29, 1.82) is 0 Å². The Bertz CT molecular complexity index is 649. The number of aromatic nitrogens is 1. The molecule has 0 spiro atoms. The molecule has 106 valence electrons. The Morgan fingerprint density at radius 2 is 2.05 bits per heavy atom. The smallest absolute Gasteiger partial charge is 0.255 e. The number of hydrogen-bond acceptors (Lipinski definition) is 2. The van der Waals surface area contributed by atoms with Gasteiger partial charge in [-0.1, -0.05) is 25.1 Å². The Hall–Kier alpha value is -1.74. The van der Waals surface area contributed by atoms with E-state index in [4.69, 9.17) is 16.3 Å². The Labute approximate surface area is 123 Å². The van der Waals surface area contributed by atoms with Crippen LogP contribution in [0, 0.1) is 0 Å². The van der Waals surface area contributed by atoms with Gasteiger partial charge in [-0.2, -0.15) is 0 Å². The fourth-order valence-corrected chi connectivity index (χ4v) is 2.41. The summed E-state index contributed by atoms with van der Waals surface area (Å²) >= 11 is 5.82. The Morgan fingerprint density at radius 1 is 1.25 bits per heavy atom. The number of rotatable bonds is 5. The number of benzene rings is 1. The lowest BCUT2D eigenvalue weighted by Gasteiger charge is -2.14. The lowest BCUT2D eigenvalue weighted by Crippen LogP contribution is -2.24. The monoisotopic (exact) mass is 291 g/mol. The van der Waals surface area contributed by atoms with E-state index in [2.05, 4.69) is 6.92 Å². The molecule has 1 heterocycles. The van der Waals surface area contributed by atoms with Crippen LogP contribution in [0.1, 0.15) is 18.9 Å². The van der Waals surface area contributed by atoms with Gasteiger partial charge in [-0.05, 0) is 24.6 Å². The van der Waals surface area contributed by atoms with Crippen molar-refractivity contribution in [3.8, 4) is 17.0 Å². The Kier molecular flexibility index (Phi) is 4.85. The third kappa shape index (κ3) is 2.88. The molecule has 4 heteroatoms.